The predicted molar refractivity (Wildman–Crippen MR) is 183 cm³/mol. The molecule has 1 atom stereocenters. The summed E-state index contributed by atoms with van der Waals surface area (Å²) >= 11 is 0. The second-order valence-electron chi connectivity index (χ2n) is 13.3. The van der Waals surface area contributed by atoms with Gasteiger partial charge in [0.05, 0.1) is 0 Å². The average Bonchev–Trinajstić information content (AvgIpc) is 3.00. The molecule has 0 bridgehead atoms. The van der Waals surface area contributed by atoms with E-state index in [9.17, 15) is 14.4 Å². The maximum atomic E-state index is 12.5. The SMILES string of the molecule is CCCCCCCCCCCCCCC(=O)OC[C@H](COC(=O)CCCCCCC)OC(=O)CCCCCCCCC(C)C. The summed E-state index contributed by atoms with van der Waals surface area (Å²) in [5, 5.41) is 0. The van der Waals surface area contributed by atoms with Crippen molar-refractivity contribution in [2.75, 3.05) is 13.2 Å². The molecule has 0 aromatic rings. The van der Waals surface area contributed by atoms with Crippen molar-refractivity contribution in [2.24, 2.45) is 5.92 Å². The Morgan fingerprint density at radius 2 is 0.750 bits per heavy atom. The first-order chi connectivity index (χ1) is 21.4. The third kappa shape index (κ3) is 31.8. The lowest BCUT2D eigenvalue weighted by Crippen LogP contribution is -2.30. The summed E-state index contributed by atoms with van der Waals surface area (Å²) in [4.78, 5) is 37.1. The molecule has 0 fully saturated rings. The Bertz CT molecular complexity index is 662. The molecule has 0 radical (unpaired) electrons. The zero-order valence-electron chi connectivity index (χ0n) is 29.6. The van der Waals surface area contributed by atoms with Gasteiger partial charge in [-0.2, -0.15) is 0 Å². The van der Waals surface area contributed by atoms with Crippen LogP contribution < -0.4 is 0 Å². The summed E-state index contributed by atoms with van der Waals surface area (Å²) in [6.07, 6.45) is 28.4. The first-order valence-electron chi connectivity index (χ1n) is 18.9. The zero-order chi connectivity index (χ0) is 32.5. The van der Waals surface area contributed by atoms with E-state index in [0.717, 1.165) is 70.1 Å². The second-order valence-corrected chi connectivity index (χ2v) is 13.3. The number of hydrogen-bond donors (Lipinski definition) is 0. The van der Waals surface area contributed by atoms with Gasteiger partial charge >= 0.3 is 17.9 Å². The minimum absolute atomic E-state index is 0.0670. The lowest BCUT2D eigenvalue weighted by molar-refractivity contribution is -0.167. The van der Waals surface area contributed by atoms with Crippen LogP contribution in [0.3, 0.4) is 0 Å². The van der Waals surface area contributed by atoms with Crippen molar-refractivity contribution >= 4 is 17.9 Å². The molecule has 6 heteroatoms. The van der Waals surface area contributed by atoms with Crippen LogP contribution in [0.25, 0.3) is 0 Å². The third-order valence-electron chi connectivity index (χ3n) is 8.29. The smallest absolute Gasteiger partial charge is 0.306 e. The molecule has 0 aromatic heterocycles. The minimum Gasteiger partial charge on any atom is -0.462 e. The van der Waals surface area contributed by atoms with E-state index in [-0.39, 0.29) is 31.1 Å². The monoisotopic (exact) mass is 625 g/mol. The fourth-order valence-electron chi connectivity index (χ4n) is 5.39. The van der Waals surface area contributed by atoms with Gasteiger partial charge in [0.25, 0.3) is 0 Å². The van der Waals surface area contributed by atoms with Crippen molar-refractivity contribution in [1.29, 1.82) is 0 Å². The second kappa shape index (κ2) is 32.8. The van der Waals surface area contributed by atoms with Gasteiger partial charge in [-0.1, -0.05) is 163 Å². The van der Waals surface area contributed by atoms with E-state index in [1.807, 2.05) is 0 Å². The van der Waals surface area contributed by atoms with E-state index in [2.05, 4.69) is 27.7 Å². The summed E-state index contributed by atoms with van der Waals surface area (Å²) in [6.45, 7) is 8.80. The van der Waals surface area contributed by atoms with E-state index >= 15 is 0 Å². The summed E-state index contributed by atoms with van der Waals surface area (Å²) in [7, 11) is 0. The lowest BCUT2D eigenvalue weighted by atomic mass is 10.0. The van der Waals surface area contributed by atoms with Crippen LogP contribution in [0.1, 0.15) is 201 Å². The largest absolute Gasteiger partial charge is 0.462 e. The molecule has 0 rings (SSSR count). The fourth-order valence-corrected chi connectivity index (χ4v) is 5.39. The molecule has 0 N–H and O–H groups in total. The Morgan fingerprint density at radius 3 is 1.11 bits per heavy atom. The van der Waals surface area contributed by atoms with Crippen LogP contribution in [0.15, 0.2) is 0 Å². The number of hydrogen-bond acceptors (Lipinski definition) is 6. The van der Waals surface area contributed by atoms with Gasteiger partial charge < -0.3 is 14.2 Å². The molecule has 0 unspecified atom stereocenters. The van der Waals surface area contributed by atoms with Gasteiger partial charge in [-0.05, 0) is 25.2 Å². The maximum absolute atomic E-state index is 12.5. The van der Waals surface area contributed by atoms with E-state index in [0.29, 0.717) is 19.3 Å². The normalized spacial score (nSPS) is 11.9. The highest BCUT2D eigenvalue weighted by atomic mass is 16.6. The van der Waals surface area contributed by atoms with Crippen LogP contribution in [0, 0.1) is 5.92 Å². The van der Waals surface area contributed by atoms with Crippen molar-refractivity contribution in [3.8, 4) is 0 Å². The standard InChI is InChI=1S/C38H72O6/c1-5-7-9-11-12-13-14-15-16-17-22-26-30-37(40)43-33-35(32-42-36(39)29-25-20-10-8-6-2)44-38(41)31-27-23-19-18-21-24-28-34(3)4/h34-35H,5-33H2,1-4H3/t35-/m0/s1. The van der Waals surface area contributed by atoms with E-state index in [1.54, 1.807) is 0 Å². The molecule has 0 saturated carbocycles. The number of esters is 3. The zero-order valence-corrected chi connectivity index (χ0v) is 29.6. The van der Waals surface area contributed by atoms with Crippen molar-refractivity contribution in [3.63, 3.8) is 0 Å². The molecule has 260 valence electrons. The number of carbonyl (C=O) groups excluding carboxylic acids is 3. The predicted octanol–water partition coefficient (Wildman–Crippen LogP) is 11.2. The molecule has 0 saturated heterocycles. The maximum Gasteiger partial charge on any atom is 0.306 e. The van der Waals surface area contributed by atoms with Crippen LogP contribution in [0.2, 0.25) is 0 Å². The first kappa shape index (κ1) is 42.4. The molecule has 0 aliphatic carbocycles. The van der Waals surface area contributed by atoms with Gasteiger partial charge in [-0.3, -0.25) is 14.4 Å². The molecule has 44 heavy (non-hydrogen) atoms. The highest BCUT2D eigenvalue weighted by molar-refractivity contribution is 5.71. The van der Waals surface area contributed by atoms with E-state index in [1.165, 1.54) is 89.9 Å². The Balaban J connectivity index is 4.27. The fraction of sp³-hybridized carbons (Fsp3) is 0.921. The molecule has 6 nitrogen and oxygen atoms in total. The van der Waals surface area contributed by atoms with Crippen LogP contribution in [-0.2, 0) is 28.6 Å². The van der Waals surface area contributed by atoms with E-state index in [4.69, 9.17) is 14.2 Å². The summed E-state index contributed by atoms with van der Waals surface area (Å²) in [6, 6.07) is 0. The number of carbonyl (C=O) groups is 3. The van der Waals surface area contributed by atoms with Gasteiger partial charge in [0.2, 0.25) is 0 Å². The van der Waals surface area contributed by atoms with Gasteiger partial charge in [-0.25, -0.2) is 0 Å². The third-order valence-corrected chi connectivity index (χ3v) is 8.29. The van der Waals surface area contributed by atoms with E-state index < -0.39 is 6.10 Å². The number of ether oxygens (including phenoxy) is 3. The quantitative estimate of drug-likeness (QED) is 0.0410. The Labute approximate surface area is 272 Å². The molecule has 0 amide bonds. The molecule has 0 aromatic carbocycles. The summed E-state index contributed by atoms with van der Waals surface area (Å²) in [5.74, 6) is -0.125. The van der Waals surface area contributed by atoms with Crippen molar-refractivity contribution in [1.82, 2.24) is 0 Å². The Morgan fingerprint density at radius 1 is 0.432 bits per heavy atom. The summed E-state index contributed by atoms with van der Waals surface area (Å²) in [5.41, 5.74) is 0. The van der Waals surface area contributed by atoms with Crippen molar-refractivity contribution in [3.05, 3.63) is 0 Å². The highest BCUT2D eigenvalue weighted by Crippen LogP contribution is 2.15. The molecule has 0 heterocycles. The average molecular weight is 625 g/mol. The van der Waals surface area contributed by atoms with Crippen LogP contribution in [-0.4, -0.2) is 37.2 Å². The molecule has 0 aliphatic rings. The van der Waals surface area contributed by atoms with Crippen molar-refractivity contribution < 1.29 is 28.6 Å². The van der Waals surface area contributed by atoms with Gasteiger partial charge in [0.15, 0.2) is 6.10 Å². The summed E-state index contributed by atoms with van der Waals surface area (Å²) < 4.78 is 16.5. The van der Waals surface area contributed by atoms with Gasteiger partial charge in [0, 0.05) is 19.3 Å². The molecular weight excluding hydrogens is 552 g/mol. The molecular formula is C38H72O6. The Kier molecular flexibility index (Phi) is 31.6. The number of rotatable bonds is 33. The molecule has 0 aliphatic heterocycles. The van der Waals surface area contributed by atoms with Gasteiger partial charge in [0.1, 0.15) is 13.2 Å². The first-order valence-corrected chi connectivity index (χ1v) is 18.9. The van der Waals surface area contributed by atoms with Gasteiger partial charge in [-0.15, -0.1) is 0 Å². The van der Waals surface area contributed by atoms with Crippen LogP contribution >= 0.6 is 0 Å². The van der Waals surface area contributed by atoms with Crippen LogP contribution in [0.5, 0.6) is 0 Å². The minimum atomic E-state index is -0.756. The highest BCUT2D eigenvalue weighted by Gasteiger charge is 2.19. The molecule has 0 spiro atoms. The topological polar surface area (TPSA) is 78.9 Å². The van der Waals surface area contributed by atoms with Crippen molar-refractivity contribution in [2.45, 2.75) is 207 Å². The number of unbranched alkanes of at least 4 members (excludes halogenated alkanes) is 20. The van der Waals surface area contributed by atoms with Crippen LogP contribution in [0.4, 0.5) is 0 Å². The lowest BCUT2D eigenvalue weighted by Gasteiger charge is -2.18. The Hall–Kier alpha value is -1.59.